The number of oxazole rings is 1. The predicted octanol–water partition coefficient (Wildman–Crippen LogP) is 3.32. The number of rotatable bonds is 5. The molecular formula is C17H21F2N3O2. The summed E-state index contributed by atoms with van der Waals surface area (Å²) in [5.41, 5.74) is -0.0557. The number of carbonyl (C=O) groups is 1. The first kappa shape index (κ1) is 18.1. The van der Waals surface area contributed by atoms with Crippen LogP contribution < -0.4 is 5.32 Å². The molecule has 130 valence electrons. The lowest BCUT2D eigenvalue weighted by molar-refractivity contribution is -0.117. The van der Waals surface area contributed by atoms with E-state index in [0.717, 1.165) is 24.0 Å². The van der Waals surface area contributed by atoms with Gasteiger partial charge in [0.05, 0.1) is 19.3 Å². The molecule has 1 heterocycles. The minimum atomic E-state index is -0.742. The smallest absolute Gasteiger partial charge is 0.238 e. The van der Waals surface area contributed by atoms with Crippen molar-refractivity contribution in [3.63, 3.8) is 0 Å². The zero-order chi connectivity index (χ0) is 17.9. The molecule has 0 saturated carbocycles. The molecule has 0 radical (unpaired) electrons. The summed E-state index contributed by atoms with van der Waals surface area (Å²) in [5, 5.41) is 2.46. The summed E-state index contributed by atoms with van der Waals surface area (Å²) in [6.07, 6.45) is 1.68. The number of carbonyl (C=O) groups excluding carboxylic acids is 1. The average Bonchev–Trinajstić information content (AvgIpc) is 2.85. The molecule has 0 aliphatic heterocycles. The van der Waals surface area contributed by atoms with Crippen molar-refractivity contribution < 1.29 is 18.0 Å². The monoisotopic (exact) mass is 337 g/mol. The molecule has 7 heteroatoms. The summed E-state index contributed by atoms with van der Waals surface area (Å²) >= 11 is 0. The number of nitrogens with one attached hydrogen (secondary N) is 1. The molecule has 0 spiro atoms. The highest BCUT2D eigenvalue weighted by Crippen LogP contribution is 2.23. The Kier molecular flexibility index (Phi) is 5.33. The van der Waals surface area contributed by atoms with Crippen LogP contribution >= 0.6 is 0 Å². The third-order valence-corrected chi connectivity index (χ3v) is 3.26. The fraction of sp³-hybridized carbons (Fsp3) is 0.412. The van der Waals surface area contributed by atoms with Crippen LogP contribution in [0.15, 0.2) is 28.8 Å². The molecule has 5 nitrogen and oxygen atoms in total. The van der Waals surface area contributed by atoms with Crippen LogP contribution in [0, 0.1) is 11.6 Å². The van der Waals surface area contributed by atoms with Gasteiger partial charge in [-0.05, 0) is 19.2 Å². The highest BCUT2D eigenvalue weighted by molar-refractivity contribution is 5.92. The number of nitrogens with zero attached hydrogens (tertiary/aromatic N) is 2. The first-order chi connectivity index (χ1) is 11.1. The van der Waals surface area contributed by atoms with Crippen LogP contribution in [-0.2, 0) is 16.8 Å². The minimum Gasteiger partial charge on any atom is -0.444 e. The van der Waals surface area contributed by atoms with E-state index in [1.165, 1.54) is 0 Å². The Labute approximate surface area is 139 Å². The quantitative estimate of drug-likeness (QED) is 0.909. The van der Waals surface area contributed by atoms with Crippen LogP contribution in [0.2, 0.25) is 0 Å². The molecular weight excluding hydrogens is 316 g/mol. The van der Waals surface area contributed by atoms with Gasteiger partial charge in [-0.25, -0.2) is 13.8 Å². The van der Waals surface area contributed by atoms with Gasteiger partial charge < -0.3 is 9.73 Å². The van der Waals surface area contributed by atoms with Crippen molar-refractivity contribution in [1.29, 1.82) is 0 Å². The van der Waals surface area contributed by atoms with E-state index >= 15 is 0 Å². The average molecular weight is 337 g/mol. The molecule has 0 atom stereocenters. The zero-order valence-corrected chi connectivity index (χ0v) is 14.2. The number of hydrogen-bond donors (Lipinski definition) is 1. The summed E-state index contributed by atoms with van der Waals surface area (Å²) in [7, 11) is 1.73. The Balaban J connectivity index is 1.90. The van der Waals surface area contributed by atoms with Crippen molar-refractivity contribution in [3.8, 4) is 0 Å². The summed E-state index contributed by atoms with van der Waals surface area (Å²) in [4.78, 5) is 17.8. The molecule has 0 saturated heterocycles. The number of benzene rings is 1. The van der Waals surface area contributed by atoms with Gasteiger partial charge in [0.2, 0.25) is 11.8 Å². The molecule has 2 aromatic rings. The molecule has 1 aromatic carbocycles. The maximum atomic E-state index is 13.1. The number of likely N-dealkylation sites (N-methyl/N-ethyl adjacent to an activating group) is 1. The first-order valence-electron chi connectivity index (χ1n) is 7.53. The van der Waals surface area contributed by atoms with Crippen LogP contribution in [0.1, 0.15) is 32.4 Å². The number of anilines is 1. The molecule has 0 aliphatic rings. The van der Waals surface area contributed by atoms with Crippen molar-refractivity contribution in [3.05, 3.63) is 47.7 Å². The van der Waals surface area contributed by atoms with Gasteiger partial charge in [-0.3, -0.25) is 9.69 Å². The summed E-state index contributed by atoms with van der Waals surface area (Å²) < 4.78 is 31.9. The van der Waals surface area contributed by atoms with E-state index < -0.39 is 11.6 Å². The third-order valence-electron chi connectivity index (χ3n) is 3.26. The van der Waals surface area contributed by atoms with Gasteiger partial charge >= 0.3 is 0 Å². The standard InChI is InChI=1S/C17H21F2N3O2/c1-17(2,3)14-8-20-16(24-14)10-22(4)9-15(23)21-13-6-11(18)5-12(19)7-13/h5-8H,9-10H2,1-4H3,(H,21,23). The summed E-state index contributed by atoms with van der Waals surface area (Å²) in [6, 6.07) is 2.87. The number of halogens is 2. The van der Waals surface area contributed by atoms with Gasteiger partial charge in [0.25, 0.3) is 0 Å². The van der Waals surface area contributed by atoms with Gasteiger partial charge in [-0.1, -0.05) is 20.8 Å². The summed E-state index contributed by atoms with van der Waals surface area (Å²) in [6.45, 7) is 6.44. The summed E-state index contributed by atoms with van der Waals surface area (Å²) in [5.74, 6) is -0.594. The fourth-order valence-corrected chi connectivity index (χ4v) is 2.09. The molecule has 0 unspecified atom stereocenters. The van der Waals surface area contributed by atoms with Crippen molar-refractivity contribution in [2.45, 2.75) is 32.7 Å². The van der Waals surface area contributed by atoms with Gasteiger partial charge in [0, 0.05) is 17.2 Å². The van der Waals surface area contributed by atoms with Crippen LogP contribution in [0.3, 0.4) is 0 Å². The minimum absolute atomic E-state index is 0.0331. The Morgan fingerprint density at radius 1 is 1.25 bits per heavy atom. The Morgan fingerprint density at radius 2 is 1.88 bits per heavy atom. The molecule has 1 amide bonds. The molecule has 2 rings (SSSR count). The normalized spacial score (nSPS) is 11.8. The molecule has 1 aromatic heterocycles. The second-order valence-electron chi connectivity index (χ2n) is 6.75. The van der Waals surface area contributed by atoms with Crippen molar-refractivity contribution >= 4 is 11.6 Å². The molecule has 0 fully saturated rings. The second kappa shape index (κ2) is 7.09. The largest absolute Gasteiger partial charge is 0.444 e. The van der Waals surface area contributed by atoms with Gasteiger partial charge in [0.15, 0.2) is 0 Å². The van der Waals surface area contributed by atoms with E-state index in [-0.39, 0.29) is 23.6 Å². The highest BCUT2D eigenvalue weighted by atomic mass is 19.1. The van der Waals surface area contributed by atoms with Crippen molar-refractivity contribution in [2.24, 2.45) is 0 Å². The number of hydrogen-bond acceptors (Lipinski definition) is 4. The van der Waals surface area contributed by atoms with E-state index in [2.05, 4.69) is 10.3 Å². The van der Waals surface area contributed by atoms with E-state index in [9.17, 15) is 13.6 Å². The van der Waals surface area contributed by atoms with Gasteiger partial charge in [-0.2, -0.15) is 0 Å². The third kappa shape index (κ3) is 5.13. The molecule has 0 bridgehead atoms. The highest BCUT2D eigenvalue weighted by Gasteiger charge is 2.20. The predicted molar refractivity (Wildman–Crippen MR) is 86.5 cm³/mol. The lowest BCUT2D eigenvalue weighted by Crippen LogP contribution is -2.30. The maximum absolute atomic E-state index is 13.1. The van der Waals surface area contributed by atoms with Crippen LogP contribution in [0.4, 0.5) is 14.5 Å². The SMILES string of the molecule is CN(CC(=O)Nc1cc(F)cc(F)c1)Cc1ncc(C(C)(C)C)o1. The van der Waals surface area contributed by atoms with E-state index in [4.69, 9.17) is 4.42 Å². The van der Waals surface area contributed by atoms with E-state index in [1.807, 2.05) is 20.8 Å². The van der Waals surface area contributed by atoms with E-state index in [1.54, 1.807) is 18.1 Å². The molecule has 1 N–H and O–H groups in total. The molecule has 24 heavy (non-hydrogen) atoms. The topological polar surface area (TPSA) is 58.4 Å². The Bertz CT molecular complexity index is 703. The molecule has 0 aliphatic carbocycles. The van der Waals surface area contributed by atoms with Gasteiger partial charge in [0.1, 0.15) is 17.4 Å². The second-order valence-corrected chi connectivity index (χ2v) is 6.75. The number of amides is 1. The lowest BCUT2D eigenvalue weighted by atomic mass is 9.94. The van der Waals surface area contributed by atoms with Crippen LogP contribution in [0.25, 0.3) is 0 Å². The Hall–Kier alpha value is -2.28. The van der Waals surface area contributed by atoms with Crippen LogP contribution in [-0.4, -0.2) is 29.4 Å². The van der Waals surface area contributed by atoms with Gasteiger partial charge in [-0.15, -0.1) is 0 Å². The van der Waals surface area contributed by atoms with Crippen LogP contribution in [0.5, 0.6) is 0 Å². The zero-order valence-electron chi connectivity index (χ0n) is 14.2. The van der Waals surface area contributed by atoms with Crippen molar-refractivity contribution in [2.75, 3.05) is 18.9 Å². The first-order valence-corrected chi connectivity index (χ1v) is 7.53. The fourth-order valence-electron chi connectivity index (χ4n) is 2.09. The van der Waals surface area contributed by atoms with Crippen molar-refractivity contribution in [1.82, 2.24) is 9.88 Å². The Morgan fingerprint density at radius 3 is 2.42 bits per heavy atom. The lowest BCUT2D eigenvalue weighted by Gasteiger charge is -2.15. The maximum Gasteiger partial charge on any atom is 0.238 e. The van der Waals surface area contributed by atoms with E-state index in [0.29, 0.717) is 12.4 Å². The number of aromatic nitrogens is 1.